The monoisotopic (exact) mass is 247 g/mol. The van der Waals surface area contributed by atoms with Crippen LogP contribution in [-0.4, -0.2) is 32.9 Å². The highest BCUT2D eigenvalue weighted by molar-refractivity contribution is 5.69. The number of aromatic nitrogens is 3. The summed E-state index contributed by atoms with van der Waals surface area (Å²) >= 11 is 0. The molecule has 1 heterocycles. The molecule has 1 aromatic carbocycles. The van der Waals surface area contributed by atoms with E-state index in [1.165, 1.54) is 0 Å². The van der Waals surface area contributed by atoms with Crippen molar-refractivity contribution in [1.82, 2.24) is 15.2 Å². The van der Waals surface area contributed by atoms with Crippen LogP contribution in [0.15, 0.2) is 24.3 Å². The molecule has 0 saturated carbocycles. The topological polar surface area (TPSA) is 88.1 Å². The lowest BCUT2D eigenvalue weighted by atomic mass is 10.2. The molecule has 0 aliphatic carbocycles. The van der Waals surface area contributed by atoms with E-state index in [0.717, 1.165) is 11.3 Å². The molecule has 2 rings (SSSR count). The van der Waals surface area contributed by atoms with E-state index < -0.39 is 5.97 Å². The minimum absolute atomic E-state index is 0.169. The number of nitrogens with one attached hydrogen (secondary N) is 1. The molecule has 2 aromatic rings. The van der Waals surface area contributed by atoms with Crippen molar-refractivity contribution in [2.45, 2.75) is 13.3 Å². The van der Waals surface area contributed by atoms with Crippen molar-refractivity contribution in [3.8, 4) is 17.1 Å². The normalized spacial score (nSPS) is 10.3. The summed E-state index contributed by atoms with van der Waals surface area (Å²) in [4.78, 5) is 14.7. The van der Waals surface area contributed by atoms with Crippen LogP contribution >= 0.6 is 0 Å². The molecule has 6 nitrogen and oxygen atoms in total. The minimum atomic E-state index is -0.944. The fourth-order valence-electron chi connectivity index (χ4n) is 1.54. The molecule has 0 aliphatic rings. The third-order valence-corrected chi connectivity index (χ3v) is 2.25. The van der Waals surface area contributed by atoms with Crippen LogP contribution in [0.25, 0.3) is 11.4 Å². The van der Waals surface area contributed by atoms with Gasteiger partial charge in [-0.25, -0.2) is 4.98 Å². The number of nitrogens with zero attached hydrogens (tertiary/aromatic N) is 2. The van der Waals surface area contributed by atoms with Gasteiger partial charge in [-0.05, 0) is 19.1 Å². The average molecular weight is 247 g/mol. The highest BCUT2D eigenvalue weighted by Gasteiger charge is 2.09. The molecule has 0 spiro atoms. The lowest BCUT2D eigenvalue weighted by Gasteiger charge is -2.03. The fourth-order valence-corrected chi connectivity index (χ4v) is 1.54. The summed E-state index contributed by atoms with van der Waals surface area (Å²) in [6.07, 6.45) is -0.169. The van der Waals surface area contributed by atoms with Crippen molar-refractivity contribution in [3.63, 3.8) is 0 Å². The molecule has 0 bridgehead atoms. The van der Waals surface area contributed by atoms with Crippen LogP contribution in [0, 0.1) is 0 Å². The third kappa shape index (κ3) is 2.85. The quantitative estimate of drug-likeness (QED) is 0.835. The van der Waals surface area contributed by atoms with Gasteiger partial charge in [0.25, 0.3) is 0 Å². The average Bonchev–Trinajstić information content (AvgIpc) is 2.77. The number of ether oxygens (including phenoxy) is 1. The lowest BCUT2D eigenvalue weighted by molar-refractivity contribution is -0.136. The van der Waals surface area contributed by atoms with E-state index >= 15 is 0 Å². The van der Waals surface area contributed by atoms with Gasteiger partial charge in [0.05, 0.1) is 6.61 Å². The number of benzene rings is 1. The number of hydrogen-bond acceptors (Lipinski definition) is 4. The van der Waals surface area contributed by atoms with Gasteiger partial charge in [0.2, 0.25) is 0 Å². The maximum Gasteiger partial charge on any atom is 0.311 e. The van der Waals surface area contributed by atoms with Gasteiger partial charge in [-0.3, -0.25) is 9.89 Å². The van der Waals surface area contributed by atoms with Gasteiger partial charge in [0, 0.05) is 5.56 Å². The first-order valence-electron chi connectivity index (χ1n) is 5.55. The Morgan fingerprint density at radius 2 is 2.33 bits per heavy atom. The van der Waals surface area contributed by atoms with E-state index in [2.05, 4.69) is 15.2 Å². The number of carboxylic acid groups (broad SMARTS) is 1. The molecular formula is C12H13N3O3. The zero-order chi connectivity index (χ0) is 13.0. The van der Waals surface area contributed by atoms with Gasteiger partial charge in [0.1, 0.15) is 18.0 Å². The second-order valence-corrected chi connectivity index (χ2v) is 3.64. The smallest absolute Gasteiger partial charge is 0.311 e. The Morgan fingerprint density at radius 1 is 1.50 bits per heavy atom. The molecular weight excluding hydrogens is 234 g/mol. The van der Waals surface area contributed by atoms with Crippen molar-refractivity contribution >= 4 is 5.97 Å². The molecule has 0 fully saturated rings. The zero-order valence-electron chi connectivity index (χ0n) is 9.88. The Hall–Kier alpha value is -2.37. The predicted molar refractivity (Wildman–Crippen MR) is 64.3 cm³/mol. The highest BCUT2D eigenvalue weighted by atomic mass is 16.5. The maximum absolute atomic E-state index is 10.5. The number of H-pyrrole nitrogens is 1. The first-order valence-corrected chi connectivity index (χ1v) is 5.55. The lowest BCUT2D eigenvalue weighted by Crippen LogP contribution is -2.01. The highest BCUT2D eigenvalue weighted by Crippen LogP contribution is 2.20. The summed E-state index contributed by atoms with van der Waals surface area (Å²) < 4.78 is 5.38. The number of aromatic amines is 1. The number of hydrogen-bond donors (Lipinski definition) is 2. The largest absolute Gasteiger partial charge is 0.494 e. The van der Waals surface area contributed by atoms with Gasteiger partial charge >= 0.3 is 5.97 Å². The molecule has 0 atom stereocenters. The second-order valence-electron chi connectivity index (χ2n) is 3.64. The van der Waals surface area contributed by atoms with Crippen LogP contribution in [0.3, 0.4) is 0 Å². The molecule has 18 heavy (non-hydrogen) atoms. The van der Waals surface area contributed by atoms with Crippen molar-refractivity contribution in [2.24, 2.45) is 0 Å². The zero-order valence-corrected chi connectivity index (χ0v) is 9.88. The van der Waals surface area contributed by atoms with Gasteiger partial charge in [-0.1, -0.05) is 12.1 Å². The number of rotatable bonds is 5. The van der Waals surface area contributed by atoms with E-state index in [1.807, 2.05) is 31.2 Å². The number of aliphatic carboxylic acids is 1. The summed E-state index contributed by atoms with van der Waals surface area (Å²) in [7, 11) is 0. The number of carboxylic acids is 1. The number of carbonyl (C=O) groups is 1. The SMILES string of the molecule is CCOc1cccc(-c2n[nH]c(CC(=O)O)n2)c1. The second kappa shape index (κ2) is 5.31. The standard InChI is InChI=1S/C12H13N3O3/c1-2-18-9-5-3-4-8(6-9)12-13-10(14-15-12)7-11(16)17/h3-6H,2,7H2,1H3,(H,16,17)(H,13,14,15). The van der Waals surface area contributed by atoms with E-state index in [9.17, 15) is 4.79 Å². The van der Waals surface area contributed by atoms with Crippen molar-refractivity contribution in [3.05, 3.63) is 30.1 Å². The molecule has 0 aliphatic heterocycles. The Balaban J connectivity index is 2.22. The van der Waals surface area contributed by atoms with Crippen molar-refractivity contribution < 1.29 is 14.6 Å². The van der Waals surface area contributed by atoms with Gasteiger partial charge < -0.3 is 9.84 Å². The van der Waals surface area contributed by atoms with Crippen LogP contribution in [-0.2, 0) is 11.2 Å². The molecule has 6 heteroatoms. The maximum atomic E-state index is 10.5. The van der Waals surface area contributed by atoms with E-state index in [0.29, 0.717) is 18.3 Å². The minimum Gasteiger partial charge on any atom is -0.494 e. The Bertz CT molecular complexity index is 551. The van der Waals surface area contributed by atoms with Crippen LogP contribution in [0.5, 0.6) is 5.75 Å². The predicted octanol–water partition coefficient (Wildman–Crippen LogP) is 1.50. The third-order valence-electron chi connectivity index (χ3n) is 2.25. The van der Waals surface area contributed by atoms with Gasteiger partial charge in [-0.2, -0.15) is 5.10 Å². The summed E-state index contributed by atoms with van der Waals surface area (Å²) in [5.41, 5.74) is 0.786. The molecule has 0 amide bonds. The molecule has 94 valence electrons. The molecule has 1 aromatic heterocycles. The molecule has 0 saturated heterocycles. The molecule has 0 radical (unpaired) electrons. The summed E-state index contributed by atoms with van der Waals surface area (Å²) in [5.74, 6) is 0.590. The summed E-state index contributed by atoms with van der Waals surface area (Å²) in [6, 6.07) is 7.35. The van der Waals surface area contributed by atoms with Crippen LogP contribution in [0.2, 0.25) is 0 Å². The molecule has 2 N–H and O–H groups in total. The first kappa shape index (κ1) is 12.1. The van der Waals surface area contributed by atoms with Crippen molar-refractivity contribution in [2.75, 3.05) is 6.61 Å². The van der Waals surface area contributed by atoms with Gasteiger partial charge in [-0.15, -0.1) is 0 Å². The summed E-state index contributed by atoms with van der Waals surface area (Å²) in [6.45, 7) is 2.49. The Morgan fingerprint density at radius 3 is 3.06 bits per heavy atom. The van der Waals surface area contributed by atoms with Crippen LogP contribution < -0.4 is 4.74 Å². The van der Waals surface area contributed by atoms with E-state index in [1.54, 1.807) is 0 Å². The van der Waals surface area contributed by atoms with Gasteiger partial charge in [0.15, 0.2) is 5.82 Å². The summed E-state index contributed by atoms with van der Waals surface area (Å²) in [5, 5.41) is 15.2. The Kier molecular flexibility index (Phi) is 3.57. The van der Waals surface area contributed by atoms with Crippen molar-refractivity contribution in [1.29, 1.82) is 0 Å². The van der Waals surface area contributed by atoms with E-state index in [4.69, 9.17) is 9.84 Å². The Labute approximate surface area is 104 Å². The van der Waals surface area contributed by atoms with E-state index in [-0.39, 0.29) is 6.42 Å². The molecule has 0 unspecified atom stereocenters. The van der Waals surface area contributed by atoms with Crippen LogP contribution in [0.4, 0.5) is 0 Å². The fraction of sp³-hybridized carbons (Fsp3) is 0.250. The first-order chi connectivity index (χ1) is 8.69. The van der Waals surface area contributed by atoms with Crippen LogP contribution in [0.1, 0.15) is 12.7 Å².